The van der Waals surface area contributed by atoms with Gasteiger partial charge in [0.05, 0.1) is 0 Å². The summed E-state index contributed by atoms with van der Waals surface area (Å²) in [6.07, 6.45) is 6.25. The van der Waals surface area contributed by atoms with Crippen LogP contribution in [0.2, 0.25) is 0 Å². The third-order valence-electron chi connectivity index (χ3n) is 4.23. The molecule has 2 rings (SSSR count). The minimum absolute atomic E-state index is 0.518. The first-order chi connectivity index (χ1) is 9.60. The van der Waals surface area contributed by atoms with Gasteiger partial charge < -0.3 is 0 Å². The summed E-state index contributed by atoms with van der Waals surface area (Å²) >= 11 is 0. The van der Waals surface area contributed by atoms with Crippen LogP contribution in [-0.4, -0.2) is 6.67 Å². The molecule has 1 saturated carbocycles. The summed E-state index contributed by atoms with van der Waals surface area (Å²) in [7, 11) is 0. The van der Waals surface area contributed by atoms with Gasteiger partial charge in [0, 0.05) is 0 Å². The van der Waals surface area contributed by atoms with Crippen LogP contribution in [0.1, 0.15) is 49.7 Å². The Bertz CT molecular complexity index is 477. The number of hydrogen-bond donors (Lipinski definition) is 0. The van der Waals surface area contributed by atoms with E-state index < -0.39 is 12.5 Å². The van der Waals surface area contributed by atoms with Crippen LogP contribution in [0.4, 0.5) is 8.78 Å². The predicted octanol–water partition coefficient (Wildman–Crippen LogP) is 5.82. The Morgan fingerprint density at radius 2 is 1.80 bits per heavy atom. The minimum Gasteiger partial charge on any atom is -0.243 e. The van der Waals surface area contributed by atoms with E-state index in [4.69, 9.17) is 0 Å². The van der Waals surface area contributed by atoms with Gasteiger partial charge in [0.2, 0.25) is 0 Å². The molecule has 1 fully saturated rings. The highest BCUT2D eigenvalue weighted by Crippen LogP contribution is 2.35. The molecule has 0 N–H and O–H groups in total. The standard InChI is InChI=1S/C18H22F2/c1-13-3-5-16(6-4-13)17-9-7-15(8-10-17)14(2)11-18(20)12-19/h7-11,13,16H,2-6,12H2,1H3/b18-11+. The summed E-state index contributed by atoms with van der Waals surface area (Å²) in [5.41, 5.74) is 2.72. The lowest BCUT2D eigenvalue weighted by Crippen LogP contribution is -2.10. The molecule has 0 aliphatic heterocycles. The van der Waals surface area contributed by atoms with Gasteiger partial charge in [-0.05, 0) is 47.5 Å². The lowest BCUT2D eigenvalue weighted by Gasteiger charge is -2.26. The molecule has 0 saturated heterocycles. The molecule has 20 heavy (non-hydrogen) atoms. The molecule has 0 radical (unpaired) electrons. The molecule has 1 aliphatic carbocycles. The zero-order valence-electron chi connectivity index (χ0n) is 12.0. The molecule has 0 aromatic heterocycles. The fourth-order valence-electron chi connectivity index (χ4n) is 2.87. The van der Waals surface area contributed by atoms with E-state index in [0.29, 0.717) is 11.5 Å². The summed E-state index contributed by atoms with van der Waals surface area (Å²) in [4.78, 5) is 0. The van der Waals surface area contributed by atoms with Crippen molar-refractivity contribution in [1.82, 2.24) is 0 Å². The van der Waals surface area contributed by atoms with Gasteiger partial charge in [-0.2, -0.15) is 0 Å². The summed E-state index contributed by atoms with van der Waals surface area (Å²) in [5, 5.41) is 0. The Hall–Kier alpha value is -1.44. The predicted molar refractivity (Wildman–Crippen MR) is 81.0 cm³/mol. The van der Waals surface area contributed by atoms with Gasteiger partial charge in [0.1, 0.15) is 12.5 Å². The smallest absolute Gasteiger partial charge is 0.141 e. The Labute approximate surface area is 120 Å². The molecule has 1 aromatic rings. The van der Waals surface area contributed by atoms with Crippen LogP contribution in [0.25, 0.3) is 5.57 Å². The fraction of sp³-hybridized carbons (Fsp3) is 0.444. The average Bonchev–Trinajstić information content (AvgIpc) is 2.48. The molecule has 0 amide bonds. The van der Waals surface area contributed by atoms with Crippen LogP contribution < -0.4 is 0 Å². The van der Waals surface area contributed by atoms with Gasteiger partial charge in [-0.1, -0.05) is 50.6 Å². The first kappa shape index (κ1) is 15.0. The second-order valence-corrected chi connectivity index (χ2v) is 5.83. The van der Waals surface area contributed by atoms with E-state index in [9.17, 15) is 8.78 Å². The van der Waals surface area contributed by atoms with E-state index in [2.05, 4.69) is 25.6 Å². The van der Waals surface area contributed by atoms with E-state index in [1.165, 1.54) is 31.2 Å². The Morgan fingerprint density at radius 3 is 2.35 bits per heavy atom. The fourth-order valence-corrected chi connectivity index (χ4v) is 2.87. The molecular formula is C18H22F2. The van der Waals surface area contributed by atoms with E-state index in [1.54, 1.807) is 0 Å². The summed E-state index contributed by atoms with van der Waals surface area (Å²) in [6, 6.07) is 8.11. The van der Waals surface area contributed by atoms with Gasteiger partial charge in [-0.25, -0.2) is 8.78 Å². The maximum Gasteiger partial charge on any atom is 0.141 e. The summed E-state index contributed by atoms with van der Waals surface area (Å²) in [5.74, 6) is 0.714. The third-order valence-corrected chi connectivity index (χ3v) is 4.23. The van der Waals surface area contributed by atoms with Crippen molar-refractivity contribution in [3.8, 4) is 0 Å². The van der Waals surface area contributed by atoms with Gasteiger partial charge in [0.15, 0.2) is 0 Å². The molecule has 0 nitrogen and oxygen atoms in total. The second-order valence-electron chi connectivity index (χ2n) is 5.83. The van der Waals surface area contributed by atoms with Crippen molar-refractivity contribution in [2.45, 2.75) is 38.5 Å². The van der Waals surface area contributed by atoms with Gasteiger partial charge in [-0.15, -0.1) is 0 Å². The van der Waals surface area contributed by atoms with E-state index in [0.717, 1.165) is 17.6 Å². The van der Waals surface area contributed by atoms with Crippen LogP contribution in [0.15, 0.2) is 42.7 Å². The van der Waals surface area contributed by atoms with Gasteiger partial charge in [0.25, 0.3) is 0 Å². The van der Waals surface area contributed by atoms with E-state index in [1.807, 2.05) is 12.1 Å². The molecule has 0 atom stereocenters. The molecular weight excluding hydrogens is 254 g/mol. The highest BCUT2D eigenvalue weighted by molar-refractivity contribution is 5.72. The van der Waals surface area contributed by atoms with Gasteiger partial charge >= 0.3 is 0 Å². The number of allylic oxidation sites excluding steroid dienone is 3. The summed E-state index contributed by atoms with van der Waals surface area (Å²) < 4.78 is 25.0. The number of hydrogen-bond acceptors (Lipinski definition) is 0. The lowest BCUT2D eigenvalue weighted by molar-refractivity contribution is 0.348. The average molecular weight is 276 g/mol. The molecule has 0 bridgehead atoms. The first-order valence-electron chi connectivity index (χ1n) is 7.31. The van der Waals surface area contributed by atoms with Crippen molar-refractivity contribution in [1.29, 1.82) is 0 Å². The maximum atomic E-state index is 12.9. The third kappa shape index (κ3) is 3.78. The van der Waals surface area contributed by atoms with Crippen LogP contribution in [-0.2, 0) is 0 Å². The van der Waals surface area contributed by atoms with Crippen molar-refractivity contribution in [2.75, 3.05) is 6.67 Å². The second kappa shape index (κ2) is 6.83. The lowest BCUT2D eigenvalue weighted by atomic mass is 9.79. The normalized spacial score (nSPS) is 23.6. The summed E-state index contributed by atoms with van der Waals surface area (Å²) in [6.45, 7) is 5.02. The molecule has 0 spiro atoms. The van der Waals surface area contributed by atoms with Crippen LogP contribution in [0.3, 0.4) is 0 Å². The molecule has 1 aromatic carbocycles. The van der Waals surface area contributed by atoms with Crippen molar-refractivity contribution >= 4 is 5.57 Å². The quantitative estimate of drug-likeness (QED) is 0.608. The molecule has 0 heterocycles. The van der Waals surface area contributed by atoms with Crippen molar-refractivity contribution in [3.05, 3.63) is 53.9 Å². The number of benzene rings is 1. The minimum atomic E-state index is -1.07. The number of rotatable bonds is 4. The van der Waals surface area contributed by atoms with Crippen molar-refractivity contribution < 1.29 is 8.78 Å². The van der Waals surface area contributed by atoms with Crippen LogP contribution in [0.5, 0.6) is 0 Å². The Morgan fingerprint density at radius 1 is 1.20 bits per heavy atom. The highest BCUT2D eigenvalue weighted by Gasteiger charge is 2.19. The topological polar surface area (TPSA) is 0 Å². The molecule has 1 aliphatic rings. The first-order valence-corrected chi connectivity index (χ1v) is 7.31. The monoisotopic (exact) mass is 276 g/mol. The molecule has 2 heteroatoms. The Balaban J connectivity index is 2.05. The van der Waals surface area contributed by atoms with Crippen LogP contribution >= 0.6 is 0 Å². The zero-order chi connectivity index (χ0) is 14.5. The SMILES string of the molecule is C=C(/C=C(/F)CF)c1ccc(C2CCC(C)CC2)cc1. The van der Waals surface area contributed by atoms with E-state index in [-0.39, 0.29) is 0 Å². The zero-order valence-corrected chi connectivity index (χ0v) is 12.0. The Kier molecular flexibility index (Phi) is 5.11. The number of halogens is 2. The van der Waals surface area contributed by atoms with E-state index >= 15 is 0 Å². The van der Waals surface area contributed by atoms with Crippen molar-refractivity contribution in [2.24, 2.45) is 5.92 Å². The van der Waals surface area contributed by atoms with Gasteiger partial charge in [-0.3, -0.25) is 0 Å². The van der Waals surface area contributed by atoms with Crippen LogP contribution in [0, 0.1) is 5.92 Å². The molecule has 108 valence electrons. The maximum absolute atomic E-state index is 12.9. The molecule has 0 unspecified atom stereocenters. The van der Waals surface area contributed by atoms with Crippen molar-refractivity contribution in [3.63, 3.8) is 0 Å². The largest absolute Gasteiger partial charge is 0.243 e. The number of alkyl halides is 1. The highest BCUT2D eigenvalue weighted by atomic mass is 19.2.